The minimum absolute atomic E-state index is 0.0666. The van der Waals surface area contributed by atoms with Gasteiger partial charge in [0.2, 0.25) is 21.8 Å². The lowest BCUT2D eigenvalue weighted by atomic mass is 9.85. The lowest BCUT2D eigenvalue weighted by molar-refractivity contribution is -0.139. The number of aryl methyl sites for hydroxylation is 2. The number of nitrogens with one attached hydrogen (secondary N) is 1. The monoisotopic (exact) mass is 465 g/mol. The molecule has 0 bridgehead atoms. The Bertz CT molecular complexity index is 956. The van der Waals surface area contributed by atoms with Gasteiger partial charge in [-0.1, -0.05) is 53.7 Å². The van der Waals surface area contributed by atoms with Crippen molar-refractivity contribution in [2.75, 3.05) is 26.2 Å². The van der Waals surface area contributed by atoms with Crippen molar-refractivity contribution in [1.29, 1.82) is 0 Å². The van der Waals surface area contributed by atoms with Crippen LogP contribution in [0.4, 0.5) is 0 Å². The summed E-state index contributed by atoms with van der Waals surface area (Å²) in [5.74, 6) is -0.384. The quantitative estimate of drug-likeness (QED) is 0.741. The number of carbonyl (C=O) groups excluding carboxylic acids is 2. The lowest BCUT2D eigenvalue weighted by Gasteiger charge is -2.36. The minimum atomic E-state index is -3.67. The Kier molecular flexibility index (Phi) is 7.52. The molecule has 1 heterocycles. The third-order valence-corrected chi connectivity index (χ3v) is 8.08. The number of hydrogen-bond acceptors (Lipinski definition) is 4. The molecule has 1 unspecified atom stereocenters. The molecule has 7 nitrogen and oxygen atoms in total. The first-order valence-electron chi connectivity index (χ1n) is 11.2. The van der Waals surface area contributed by atoms with Gasteiger partial charge in [-0.15, -0.1) is 0 Å². The molecule has 1 aliphatic heterocycles. The smallest absolute Gasteiger partial charge is 0.244 e. The van der Waals surface area contributed by atoms with Crippen LogP contribution in [0.2, 0.25) is 0 Å². The number of carbonyl (C=O) groups is 2. The van der Waals surface area contributed by atoms with Crippen LogP contribution in [0.25, 0.3) is 0 Å². The summed E-state index contributed by atoms with van der Waals surface area (Å²) in [5.41, 5.74) is 1.94. The fourth-order valence-electron chi connectivity index (χ4n) is 3.82. The van der Waals surface area contributed by atoms with E-state index < -0.39 is 21.5 Å². The van der Waals surface area contributed by atoms with Gasteiger partial charge in [0.25, 0.3) is 0 Å². The van der Waals surface area contributed by atoms with E-state index in [1.54, 1.807) is 32.6 Å². The normalized spacial score (nSPS) is 17.2. The third-order valence-electron chi connectivity index (χ3n) is 5.87. The zero-order valence-corrected chi connectivity index (χ0v) is 21.8. The molecule has 1 aliphatic rings. The van der Waals surface area contributed by atoms with Crippen LogP contribution in [0.15, 0.2) is 17.0 Å². The van der Waals surface area contributed by atoms with Gasteiger partial charge in [0.05, 0.1) is 4.90 Å². The van der Waals surface area contributed by atoms with Crippen molar-refractivity contribution < 1.29 is 18.0 Å². The Morgan fingerprint density at radius 2 is 1.41 bits per heavy atom. The van der Waals surface area contributed by atoms with Crippen molar-refractivity contribution in [3.63, 3.8) is 0 Å². The first kappa shape index (κ1) is 26.3. The fraction of sp³-hybridized carbons (Fsp3) is 0.667. The third kappa shape index (κ3) is 5.70. The molecular formula is C24H39N3O4S. The Labute approximate surface area is 193 Å². The average Bonchev–Trinajstić information content (AvgIpc) is 2.65. The summed E-state index contributed by atoms with van der Waals surface area (Å²) in [6.45, 7) is 18.1. The second-order valence-electron chi connectivity index (χ2n) is 10.9. The molecule has 0 aromatic heterocycles. The van der Waals surface area contributed by atoms with E-state index in [1.807, 2.05) is 26.0 Å². The maximum absolute atomic E-state index is 13.4. The van der Waals surface area contributed by atoms with Gasteiger partial charge in [-0.25, -0.2) is 8.42 Å². The highest BCUT2D eigenvalue weighted by Gasteiger charge is 2.34. The highest BCUT2D eigenvalue weighted by Crippen LogP contribution is 2.31. The molecule has 0 radical (unpaired) electrons. The van der Waals surface area contributed by atoms with Gasteiger partial charge in [0.1, 0.15) is 6.04 Å². The van der Waals surface area contributed by atoms with E-state index in [9.17, 15) is 18.0 Å². The standard InChI is InChI=1S/C24H39N3O4S/c1-16-14-19(23(4,5)6)15-17(2)20(16)32(30,31)27-12-10-26(11-13-27)21(28)18(3)25-22(29)24(7,8)9/h14-15,18H,10-13H2,1-9H3,(H,25,29). The SMILES string of the molecule is Cc1cc(C(C)(C)C)cc(C)c1S(=O)(=O)N1CCN(C(=O)C(C)NC(=O)C(C)(C)C)CC1. The van der Waals surface area contributed by atoms with E-state index in [0.29, 0.717) is 18.0 Å². The van der Waals surface area contributed by atoms with E-state index in [1.165, 1.54) is 4.31 Å². The van der Waals surface area contributed by atoms with Crippen LogP contribution < -0.4 is 5.32 Å². The number of hydrogen-bond donors (Lipinski definition) is 1. The van der Waals surface area contributed by atoms with Gasteiger partial charge in [0, 0.05) is 31.6 Å². The van der Waals surface area contributed by atoms with Gasteiger partial charge in [-0.2, -0.15) is 4.31 Å². The van der Waals surface area contributed by atoms with Gasteiger partial charge < -0.3 is 10.2 Å². The number of benzene rings is 1. The fourth-order valence-corrected chi connectivity index (χ4v) is 5.65. The maximum Gasteiger partial charge on any atom is 0.244 e. The molecule has 0 spiro atoms. The van der Waals surface area contributed by atoms with Crippen LogP contribution in [0.1, 0.15) is 65.2 Å². The van der Waals surface area contributed by atoms with Crippen molar-refractivity contribution in [1.82, 2.24) is 14.5 Å². The second kappa shape index (κ2) is 9.14. The number of rotatable bonds is 4. The number of piperazine rings is 1. The zero-order valence-electron chi connectivity index (χ0n) is 21.0. The first-order chi connectivity index (χ1) is 14.5. The summed E-state index contributed by atoms with van der Waals surface area (Å²) in [7, 11) is -3.67. The molecule has 1 aromatic rings. The highest BCUT2D eigenvalue weighted by molar-refractivity contribution is 7.89. The maximum atomic E-state index is 13.4. The molecule has 1 aromatic carbocycles. The largest absolute Gasteiger partial charge is 0.344 e. The molecule has 1 saturated heterocycles. The minimum Gasteiger partial charge on any atom is -0.344 e. The summed E-state index contributed by atoms with van der Waals surface area (Å²) in [6, 6.07) is 3.26. The number of sulfonamides is 1. The Morgan fingerprint density at radius 1 is 0.938 bits per heavy atom. The molecular weight excluding hydrogens is 426 g/mol. The predicted octanol–water partition coefficient (Wildman–Crippen LogP) is 2.98. The topological polar surface area (TPSA) is 86.8 Å². The van der Waals surface area contributed by atoms with Crippen LogP contribution in [-0.2, 0) is 25.0 Å². The molecule has 32 heavy (non-hydrogen) atoms. The highest BCUT2D eigenvalue weighted by atomic mass is 32.2. The molecule has 1 fully saturated rings. The molecule has 2 amide bonds. The van der Waals surface area contributed by atoms with Gasteiger partial charge in [0.15, 0.2) is 0 Å². The van der Waals surface area contributed by atoms with E-state index in [4.69, 9.17) is 0 Å². The molecule has 1 atom stereocenters. The van der Waals surface area contributed by atoms with Crippen molar-refractivity contribution in [2.24, 2.45) is 5.41 Å². The molecule has 1 N–H and O–H groups in total. The predicted molar refractivity (Wildman–Crippen MR) is 127 cm³/mol. The van der Waals surface area contributed by atoms with Gasteiger partial charge in [-0.05, 0) is 42.9 Å². The van der Waals surface area contributed by atoms with Crippen LogP contribution in [0, 0.1) is 19.3 Å². The summed E-state index contributed by atoms with van der Waals surface area (Å²) < 4.78 is 28.3. The number of amides is 2. The van der Waals surface area contributed by atoms with Crippen LogP contribution in [0.3, 0.4) is 0 Å². The Hall–Kier alpha value is -1.93. The number of nitrogens with zero attached hydrogens (tertiary/aromatic N) is 2. The lowest BCUT2D eigenvalue weighted by Crippen LogP contribution is -2.56. The molecule has 0 aliphatic carbocycles. The first-order valence-corrected chi connectivity index (χ1v) is 12.6. The summed E-state index contributed by atoms with van der Waals surface area (Å²) in [6.07, 6.45) is 0. The molecule has 0 saturated carbocycles. The second-order valence-corrected chi connectivity index (χ2v) is 12.7. The van der Waals surface area contributed by atoms with E-state index in [2.05, 4.69) is 26.1 Å². The van der Waals surface area contributed by atoms with Crippen LogP contribution in [-0.4, -0.2) is 61.7 Å². The van der Waals surface area contributed by atoms with E-state index >= 15 is 0 Å². The molecule has 2 rings (SSSR count). The zero-order chi connectivity index (χ0) is 24.6. The van der Waals surface area contributed by atoms with E-state index in [0.717, 1.165) is 16.7 Å². The van der Waals surface area contributed by atoms with Crippen molar-refractivity contribution >= 4 is 21.8 Å². The van der Waals surface area contributed by atoms with E-state index in [-0.39, 0.29) is 30.3 Å². The van der Waals surface area contributed by atoms with Gasteiger partial charge >= 0.3 is 0 Å². The van der Waals surface area contributed by atoms with Gasteiger partial charge in [-0.3, -0.25) is 9.59 Å². The van der Waals surface area contributed by atoms with Crippen LogP contribution in [0.5, 0.6) is 0 Å². The average molecular weight is 466 g/mol. The summed E-state index contributed by atoms with van der Waals surface area (Å²) in [5, 5.41) is 2.75. The Morgan fingerprint density at radius 3 is 1.81 bits per heavy atom. The van der Waals surface area contributed by atoms with Crippen molar-refractivity contribution in [2.45, 2.75) is 78.7 Å². The van der Waals surface area contributed by atoms with Crippen molar-refractivity contribution in [3.05, 3.63) is 28.8 Å². The summed E-state index contributed by atoms with van der Waals surface area (Å²) >= 11 is 0. The van der Waals surface area contributed by atoms with Crippen LogP contribution >= 0.6 is 0 Å². The molecule has 8 heteroatoms. The van der Waals surface area contributed by atoms with Crippen molar-refractivity contribution in [3.8, 4) is 0 Å². The Balaban J connectivity index is 2.13. The summed E-state index contributed by atoms with van der Waals surface area (Å²) in [4.78, 5) is 26.9. The molecule has 180 valence electrons.